The first-order chi connectivity index (χ1) is 7.83. The van der Waals surface area contributed by atoms with Crippen LogP contribution in [0.15, 0.2) is 36.9 Å². The van der Waals surface area contributed by atoms with Crippen molar-refractivity contribution in [3.8, 4) is 16.3 Å². The summed E-state index contributed by atoms with van der Waals surface area (Å²) in [5, 5.41) is 10.2. The van der Waals surface area contributed by atoms with Gasteiger partial charge in [-0.15, -0.1) is 11.3 Å². The SMILES string of the molecule is Oc1cncc(-c2nc3cnccc3s2)c1. The molecule has 1 N–H and O–H groups in total. The molecule has 78 valence electrons. The molecule has 0 amide bonds. The molecule has 3 rings (SSSR count). The van der Waals surface area contributed by atoms with Gasteiger partial charge in [0, 0.05) is 18.0 Å². The van der Waals surface area contributed by atoms with E-state index in [4.69, 9.17) is 0 Å². The minimum absolute atomic E-state index is 0.148. The first-order valence-corrected chi connectivity index (χ1v) is 5.49. The highest BCUT2D eigenvalue weighted by Crippen LogP contribution is 2.30. The van der Waals surface area contributed by atoms with Crippen LogP contribution in [0.25, 0.3) is 20.8 Å². The van der Waals surface area contributed by atoms with Crippen LogP contribution in [0.1, 0.15) is 0 Å². The molecule has 4 nitrogen and oxygen atoms in total. The number of hydrogen-bond donors (Lipinski definition) is 1. The second-order valence-electron chi connectivity index (χ2n) is 3.29. The summed E-state index contributed by atoms with van der Waals surface area (Å²) in [6, 6.07) is 3.57. The van der Waals surface area contributed by atoms with E-state index in [1.165, 1.54) is 6.20 Å². The number of fused-ring (bicyclic) bond motifs is 1. The van der Waals surface area contributed by atoms with Crippen molar-refractivity contribution in [3.05, 3.63) is 36.9 Å². The largest absolute Gasteiger partial charge is 0.506 e. The molecule has 0 saturated heterocycles. The second kappa shape index (κ2) is 3.53. The van der Waals surface area contributed by atoms with Gasteiger partial charge in [-0.3, -0.25) is 9.97 Å². The number of aromatic hydroxyl groups is 1. The predicted molar refractivity (Wildman–Crippen MR) is 62.3 cm³/mol. The topological polar surface area (TPSA) is 58.9 Å². The van der Waals surface area contributed by atoms with Gasteiger partial charge in [0.05, 0.1) is 17.1 Å². The van der Waals surface area contributed by atoms with Gasteiger partial charge in [-0.1, -0.05) is 0 Å². The number of pyridine rings is 2. The quantitative estimate of drug-likeness (QED) is 0.696. The molecule has 0 atom stereocenters. The zero-order valence-electron chi connectivity index (χ0n) is 8.16. The van der Waals surface area contributed by atoms with Crippen molar-refractivity contribution in [2.45, 2.75) is 0 Å². The van der Waals surface area contributed by atoms with Gasteiger partial charge in [-0.25, -0.2) is 4.98 Å². The lowest BCUT2D eigenvalue weighted by Gasteiger charge is -1.94. The van der Waals surface area contributed by atoms with E-state index < -0.39 is 0 Å². The number of hydrogen-bond acceptors (Lipinski definition) is 5. The normalized spacial score (nSPS) is 10.8. The maximum absolute atomic E-state index is 9.35. The van der Waals surface area contributed by atoms with Crippen LogP contribution in [0.4, 0.5) is 0 Å². The highest BCUT2D eigenvalue weighted by molar-refractivity contribution is 7.21. The molecule has 3 aromatic rings. The van der Waals surface area contributed by atoms with Crippen molar-refractivity contribution in [2.75, 3.05) is 0 Å². The van der Waals surface area contributed by atoms with Crippen LogP contribution < -0.4 is 0 Å². The maximum Gasteiger partial charge on any atom is 0.134 e. The van der Waals surface area contributed by atoms with Crippen molar-refractivity contribution in [2.24, 2.45) is 0 Å². The minimum atomic E-state index is 0.148. The fourth-order valence-corrected chi connectivity index (χ4v) is 2.36. The average molecular weight is 229 g/mol. The first kappa shape index (κ1) is 9.23. The highest BCUT2D eigenvalue weighted by atomic mass is 32.1. The van der Waals surface area contributed by atoms with Gasteiger partial charge >= 0.3 is 0 Å². The third-order valence-electron chi connectivity index (χ3n) is 2.16. The van der Waals surface area contributed by atoms with Crippen LogP contribution in [-0.4, -0.2) is 20.1 Å². The molecular weight excluding hydrogens is 222 g/mol. The van der Waals surface area contributed by atoms with E-state index in [0.29, 0.717) is 0 Å². The van der Waals surface area contributed by atoms with Crippen molar-refractivity contribution in [1.29, 1.82) is 0 Å². The number of nitrogens with zero attached hydrogens (tertiary/aromatic N) is 3. The molecule has 16 heavy (non-hydrogen) atoms. The molecule has 0 fully saturated rings. The summed E-state index contributed by atoms with van der Waals surface area (Å²) in [5.41, 5.74) is 1.69. The fourth-order valence-electron chi connectivity index (χ4n) is 1.45. The van der Waals surface area contributed by atoms with Crippen molar-refractivity contribution in [1.82, 2.24) is 15.0 Å². The fraction of sp³-hybridized carbons (Fsp3) is 0. The van der Waals surface area contributed by atoms with E-state index in [1.54, 1.807) is 36.0 Å². The van der Waals surface area contributed by atoms with Crippen molar-refractivity contribution < 1.29 is 5.11 Å². The highest BCUT2D eigenvalue weighted by Gasteiger charge is 2.06. The Bertz CT molecular complexity index is 617. The Hall–Kier alpha value is -2.01. The van der Waals surface area contributed by atoms with E-state index >= 15 is 0 Å². The molecule has 0 bridgehead atoms. The van der Waals surface area contributed by atoms with Crippen LogP contribution in [0.2, 0.25) is 0 Å². The summed E-state index contributed by atoms with van der Waals surface area (Å²) in [6.45, 7) is 0. The smallest absolute Gasteiger partial charge is 0.134 e. The van der Waals surface area contributed by atoms with E-state index in [2.05, 4.69) is 15.0 Å². The average Bonchev–Trinajstić information content (AvgIpc) is 2.72. The van der Waals surface area contributed by atoms with Gasteiger partial charge in [0.25, 0.3) is 0 Å². The van der Waals surface area contributed by atoms with E-state index in [1.807, 2.05) is 6.07 Å². The zero-order chi connectivity index (χ0) is 11.0. The van der Waals surface area contributed by atoms with Crippen LogP contribution in [0, 0.1) is 0 Å². The van der Waals surface area contributed by atoms with Crippen LogP contribution in [0.3, 0.4) is 0 Å². The maximum atomic E-state index is 9.35. The van der Waals surface area contributed by atoms with Gasteiger partial charge in [0.1, 0.15) is 16.3 Å². The molecule has 5 heteroatoms. The Balaban J connectivity index is 2.19. The van der Waals surface area contributed by atoms with Gasteiger partial charge in [-0.05, 0) is 12.1 Å². The molecule has 0 aliphatic rings. The summed E-state index contributed by atoms with van der Waals surface area (Å²) in [6.07, 6.45) is 6.56. The molecule has 0 spiro atoms. The summed E-state index contributed by atoms with van der Waals surface area (Å²) in [5.74, 6) is 0.148. The van der Waals surface area contributed by atoms with Gasteiger partial charge in [0.2, 0.25) is 0 Å². The predicted octanol–water partition coefficient (Wildman–Crippen LogP) is 2.46. The molecular formula is C11H7N3OS. The number of rotatable bonds is 1. The molecule has 0 aromatic carbocycles. The third kappa shape index (κ3) is 1.51. The molecule has 0 unspecified atom stereocenters. The van der Waals surface area contributed by atoms with Gasteiger partial charge in [0.15, 0.2) is 0 Å². The molecule has 3 aromatic heterocycles. The number of aromatic nitrogens is 3. The van der Waals surface area contributed by atoms with E-state index in [0.717, 1.165) is 20.8 Å². The number of thiazole rings is 1. The lowest BCUT2D eigenvalue weighted by Crippen LogP contribution is -1.78. The van der Waals surface area contributed by atoms with Crippen LogP contribution >= 0.6 is 11.3 Å². The van der Waals surface area contributed by atoms with Gasteiger partial charge < -0.3 is 5.11 Å². The standard InChI is InChI=1S/C11H7N3OS/c15-8-3-7(4-13-5-8)11-14-9-6-12-2-1-10(9)16-11/h1-6,15H. The Morgan fingerprint density at radius 1 is 1.12 bits per heavy atom. The van der Waals surface area contributed by atoms with Crippen LogP contribution in [0.5, 0.6) is 5.75 Å². The summed E-state index contributed by atoms with van der Waals surface area (Å²) >= 11 is 1.56. The summed E-state index contributed by atoms with van der Waals surface area (Å²) < 4.78 is 1.08. The Kier molecular flexibility index (Phi) is 2.04. The minimum Gasteiger partial charge on any atom is -0.506 e. The van der Waals surface area contributed by atoms with Crippen LogP contribution in [-0.2, 0) is 0 Å². The van der Waals surface area contributed by atoms with E-state index in [9.17, 15) is 5.11 Å². The third-order valence-corrected chi connectivity index (χ3v) is 3.25. The first-order valence-electron chi connectivity index (χ1n) is 4.68. The lowest BCUT2D eigenvalue weighted by molar-refractivity contribution is 0.473. The molecule has 0 aliphatic heterocycles. The Morgan fingerprint density at radius 2 is 2.06 bits per heavy atom. The lowest BCUT2D eigenvalue weighted by atomic mass is 10.3. The summed E-state index contributed by atoms with van der Waals surface area (Å²) in [7, 11) is 0. The molecule has 3 heterocycles. The molecule has 0 aliphatic carbocycles. The van der Waals surface area contributed by atoms with Gasteiger partial charge in [-0.2, -0.15) is 0 Å². The molecule has 0 radical (unpaired) electrons. The van der Waals surface area contributed by atoms with E-state index in [-0.39, 0.29) is 5.75 Å². The second-order valence-corrected chi connectivity index (χ2v) is 4.32. The zero-order valence-corrected chi connectivity index (χ0v) is 8.98. The van der Waals surface area contributed by atoms with Crippen molar-refractivity contribution in [3.63, 3.8) is 0 Å². The molecule has 0 saturated carbocycles. The Morgan fingerprint density at radius 3 is 2.88 bits per heavy atom. The summed E-state index contributed by atoms with van der Waals surface area (Å²) in [4.78, 5) is 12.4. The Labute approximate surface area is 95.3 Å². The van der Waals surface area contributed by atoms with Crippen molar-refractivity contribution >= 4 is 21.6 Å². The monoisotopic (exact) mass is 229 g/mol.